The second-order valence-electron chi connectivity index (χ2n) is 11.0. The zero-order chi connectivity index (χ0) is 29.8. The number of anilines is 4. The Morgan fingerprint density at radius 3 is 2.37 bits per heavy atom. The number of carbonyl (C=O) groups is 1. The number of carbonyl (C=O) groups excluding carboxylic acids is 1. The minimum Gasteiger partial charge on any atom is -0.372 e. The van der Waals surface area contributed by atoms with E-state index < -0.39 is 0 Å². The predicted octanol–water partition coefficient (Wildman–Crippen LogP) is 5.15. The number of hydrogen-bond acceptors (Lipinski definition) is 7. The van der Waals surface area contributed by atoms with E-state index in [0.717, 1.165) is 41.1 Å². The Bertz CT molecular complexity index is 1620. The molecule has 4 rings (SSSR count). The number of nitrogens with zero attached hydrogens (tertiary/aromatic N) is 6. The Labute approximate surface area is 241 Å². The fourth-order valence-electron chi connectivity index (χ4n) is 4.81. The minimum absolute atomic E-state index is 0.0137. The maximum atomic E-state index is 13.5. The van der Waals surface area contributed by atoms with Crippen molar-refractivity contribution in [1.82, 2.24) is 24.0 Å². The van der Waals surface area contributed by atoms with Crippen LogP contribution in [0.1, 0.15) is 45.2 Å². The van der Waals surface area contributed by atoms with E-state index in [1.807, 2.05) is 65.3 Å². The number of para-hydroxylation sites is 2. The number of benzene rings is 2. The van der Waals surface area contributed by atoms with E-state index in [1.165, 1.54) is 6.08 Å². The van der Waals surface area contributed by atoms with Crippen molar-refractivity contribution in [1.29, 1.82) is 0 Å². The highest BCUT2D eigenvalue weighted by Crippen LogP contribution is 2.37. The molecule has 216 valence electrons. The first-order valence-electron chi connectivity index (χ1n) is 13.8. The average molecular weight is 557 g/mol. The smallest absolute Gasteiger partial charge is 0.335 e. The van der Waals surface area contributed by atoms with Crippen LogP contribution in [-0.2, 0) is 4.79 Å². The van der Waals surface area contributed by atoms with Crippen LogP contribution in [0.15, 0.2) is 66.1 Å². The predicted molar refractivity (Wildman–Crippen MR) is 168 cm³/mol. The molecule has 0 bridgehead atoms. The summed E-state index contributed by atoms with van der Waals surface area (Å²) in [7, 11) is 6.07. The lowest BCUT2D eigenvalue weighted by atomic mass is 9.98. The van der Waals surface area contributed by atoms with E-state index in [4.69, 9.17) is 4.98 Å². The Hall–Kier alpha value is -4.44. The number of amides is 1. The third-order valence-corrected chi connectivity index (χ3v) is 6.94. The molecule has 10 nitrogen and oxygen atoms in total. The van der Waals surface area contributed by atoms with Gasteiger partial charge in [0.05, 0.1) is 22.4 Å². The van der Waals surface area contributed by atoms with E-state index in [9.17, 15) is 9.59 Å². The molecule has 4 aromatic rings. The largest absolute Gasteiger partial charge is 0.372 e. The first-order chi connectivity index (χ1) is 19.5. The van der Waals surface area contributed by atoms with Crippen LogP contribution in [0.25, 0.3) is 16.9 Å². The van der Waals surface area contributed by atoms with Crippen molar-refractivity contribution in [2.75, 3.05) is 49.8 Å². The third kappa shape index (κ3) is 6.33. The van der Waals surface area contributed by atoms with E-state index in [2.05, 4.69) is 51.9 Å². The molecule has 41 heavy (non-hydrogen) atoms. The molecule has 2 aromatic carbocycles. The normalized spacial score (nSPS) is 11.5. The van der Waals surface area contributed by atoms with Gasteiger partial charge in [-0.25, -0.2) is 14.3 Å². The van der Waals surface area contributed by atoms with Crippen LogP contribution in [0, 0.1) is 0 Å². The first-order valence-corrected chi connectivity index (χ1v) is 13.8. The maximum absolute atomic E-state index is 13.5. The highest BCUT2D eigenvalue weighted by atomic mass is 16.2. The number of fused-ring (bicyclic) bond motifs is 1. The summed E-state index contributed by atoms with van der Waals surface area (Å²) in [4.78, 5) is 39.3. The van der Waals surface area contributed by atoms with Gasteiger partial charge in [-0.1, -0.05) is 32.6 Å². The molecule has 2 heterocycles. The van der Waals surface area contributed by atoms with Gasteiger partial charge in [0, 0.05) is 44.1 Å². The fraction of sp³-hybridized carbons (Fsp3) is 0.355. The Kier molecular flexibility index (Phi) is 8.92. The van der Waals surface area contributed by atoms with Gasteiger partial charge in [-0.3, -0.25) is 9.36 Å². The van der Waals surface area contributed by atoms with Gasteiger partial charge in [-0.05, 0) is 69.8 Å². The number of hydrogen-bond donors (Lipinski definition) is 2. The lowest BCUT2D eigenvalue weighted by molar-refractivity contribution is -0.111. The highest BCUT2D eigenvalue weighted by Gasteiger charge is 2.20. The van der Waals surface area contributed by atoms with E-state index in [0.29, 0.717) is 17.5 Å². The van der Waals surface area contributed by atoms with Crippen LogP contribution in [-0.4, -0.2) is 64.1 Å². The van der Waals surface area contributed by atoms with Crippen molar-refractivity contribution in [2.45, 2.75) is 39.7 Å². The second kappa shape index (κ2) is 12.4. The molecule has 0 unspecified atom stereocenters. The maximum Gasteiger partial charge on any atom is 0.335 e. The summed E-state index contributed by atoms with van der Waals surface area (Å²) < 4.78 is 3.38. The Morgan fingerprint density at radius 1 is 1.02 bits per heavy atom. The molecule has 0 saturated carbocycles. The molecule has 2 N–H and O–H groups in total. The molecule has 1 amide bonds. The van der Waals surface area contributed by atoms with Gasteiger partial charge in [0.15, 0.2) is 0 Å². The summed E-state index contributed by atoms with van der Waals surface area (Å²) in [5, 5.41) is 6.32. The molecule has 0 saturated heterocycles. The molecule has 0 fully saturated rings. The van der Waals surface area contributed by atoms with Crippen LogP contribution < -0.4 is 21.2 Å². The van der Waals surface area contributed by atoms with Crippen molar-refractivity contribution >= 4 is 40.0 Å². The molecule has 0 aliphatic heterocycles. The van der Waals surface area contributed by atoms with Crippen LogP contribution in [0.5, 0.6) is 0 Å². The average Bonchev–Trinajstić information content (AvgIpc) is 3.23. The summed E-state index contributed by atoms with van der Waals surface area (Å²) in [6.45, 7) is 13.4. The summed E-state index contributed by atoms with van der Waals surface area (Å²) in [5.74, 6) is 0.675. The van der Waals surface area contributed by atoms with E-state index in [-0.39, 0.29) is 23.6 Å². The van der Waals surface area contributed by atoms with Gasteiger partial charge in [0.1, 0.15) is 5.82 Å². The van der Waals surface area contributed by atoms with Gasteiger partial charge in [0.2, 0.25) is 11.9 Å². The van der Waals surface area contributed by atoms with E-state index >= 15 is 0 Å². The number of aromatic nitrogens is 4. The highest BCUT2D eigenvalue weighted by molar-refractivity contribution is 6.02. The van der Waals surface area contributed by atoms with Gasteiger partial charge < -0.3 is 20.4 Å². The van der Waals surface area contributed by atoms with Gasteiger partial charge in [0.25, 0.3) is 0 Å². The molecule has 10 heteroatoms. The SMILES string of the molecule is C=CC(=O)Nc1cc(Nc2nccc(-n3c(=O)n(C(C)C)c4ccccc43)n2)c(C(C)C)cc1N(C)CCN(C)C. The summed E-state index contributed by atoms with van der Waals surface area (Å²) >= 11 is 0. The van der Waals surface area contributed by atoms with Crippen molar-refractivity contribution in [3.05, 3.63) is 77.4 Å². The van der Waals surface area contributed by atoms with Gasteiger partial charge in [-0.15, -0.1) is 0 Å². The first kappa shape index (κ1) is 29.5. The molecule has 2 aromatic heterocycles. The third-order valence-electron chi connectivity index (χ3n) is 6.94. The molecule has 0 atom stereocenters. The Balaban J connectivity index is 1.79. The van der Waals surface area contributed by atoms with Crippen molar-refractivity contribution in [3.63, 3.8) is 0 Å². The second-order valence-corrected chi connectivity index (χ2v) is 11.0. The zero-order valence-electron chi connectivity index (χ0n) is 25.0. The van der Waals surface area contributed by atoms with Crippen molar-refractivity contribution < 1.29 is 4.79 Å². The van der Waals surface area contributed by atoms with Gasteiger partial charge in [-0.2, -0.15) is 4.98 Å². The summed E-state index contributed by atoms with van der Waals surface area (Å²) in [6.07, 6.45) is 2.89. The van der Waals surface area contributed by atoms with Crippen LogP contribution >= 0.6 is 0 Å². The standard InChI is InChI=1S/C31H40N8O2/c1-9-29(40)33-24-19-23(22(20(2)3)18-27(24)37(8)17-16-36(6)7)34-30-32-15-14-28(35-30)39-26-13-11-10-12-25(26)38(21(4)5)31(39)41/h9-15,18-21H,1,16-17H2,2-8H3,(H,33,40)(H,32,34,35). The lowest BCUT2D eigenvalue weighted by Crippen LogP contribution is -2.29. The molecule has 0 radical (unpaired) electrons. The van der Waals surface area contributed by atoms with Crippen LogP contribution in [0.3, 0.4) is 0 Å². The van der Waals surface area contributed by atoms with Crippen LogP contribution in [0.4, 0.5) is 23.0 Å². The van der Waals surface area contributed by atoms with Gasteiger partial charge >= 0.3 is 5.69 Å². The number of imidazole rings is 1. The molecule has 0 spiro atoms. The number of rotatable bonds is 11. The quantitative estimate of drug-likeness (QED) is 0.246. The number of likely N-dealkylation sites (N-methyl/N-ethyl adjacent to an activating group) is 2. The molecular formula is C31H40N8O2. The monoisotopic (exact) mass is 556 g/mol. The van der Waals surface area contributed by atoms with E-state index in [1.54, 1.807) is 21.4 Å². The molecular weight excluding hydrogens is 516 g/mol. The lowest BCUT2D eigenvalue weighted by Gasteiger charge is -2.27. The summed E-state index contributed by atoms with van der Waals surface area (Å²) in [5.41, 5.74) is 4.81. The number of nitrogens with one attached hydrogen (secondary N) is 2. The summed E-state index contributed by atoms with van der Waals surface area (Å²) in [6, 6.07) is 13.4. The molecule has 0 aliphatic carbocycles. The molecule has 0 aliphatic rings. The Morgan fingerprint density at radius 2 is 1.73 bits per heavy atom. The minimum atomic E-state index is -0.297. The van der Waals surface area contributed by atoms with Crippen molar-refractivity contribution in [2.24, 2.45) is 0 Å². The van der Waals surface area contributed by atoms with Crippen LogP contribution in [0.2, 0.25) is 0 Å². The van der Waals surface area contributed by atoms with Crippen molar-refractivity contribution in [3.8, 4) is 5.82 Å². The fourth-order valence-corrected chi connectivity index (χ4v) is 4.81. The zero-order valence-corrected chi connectivity index (χ0v) is 25.0. The topological polar surface area (TPSA) is 100 Å².